The number of nitriles is 2. The number of unbranched alkanes of at least 4 members (excludes halogenated alkanes) is 1. The van der Waals surface area contributed by atoms with Gasteiger partial charge in [0.1, 0.15) is 0 Å². The smallest absolute Gasteiger partial charge is 0.0632 e. The third-order valence-electron chi connectivity index (χ3n) is 0.349. The van der Waals surface area contributed by atoms with Crippen molar-refractivity contribution in [1.82, 2.24) is 0 Å². The van der Waals surface area contributed by atoms with Crippen LogP contribution >= 0.6 is 0 Å². The summed E-state index contributed by atoms with van der Waals surface area (Å²) in [6.07, 6.45) is 0.715. The molecule has 0 N–H and O–H groups in total. The second-order valence-electron chi connectivity index (χ2n) is 0.816. The summed E-state index contributed by atoms with van der Waals surface area (Å²) in [4.78, 5) is 0. The Hall–Kier alpha value is -1.02. The van der Waals surface area contributed by atoms with Crippen molar-refractivity contribution in [2.75, 3.05) is 0 Å². The normalized spacial score (nSPS) is 5.67. The summed E-state index contributed by atoms with van der Waals surface area (Å²) < 4.78 is 0. The first-order valence-electron chi connectivity index (χ1n) is 1.65. The third kappa shape index (κ3) is 2.98. The molecule has 0 atom stereocenters. The third-order valence-corrected chi connectivity index (χ3v) is 0.349. The highest BCUT2D eigenvalue weighted by molar-refractivity contribution is 4.78. The van der Waals surface area contributed by atoms with Gasteiger partial charge in [0.25, 0.3) is 0 Å². The van der Waals surface area contributed by atoms with E-state index in [4.69, 9.17) is 10.5 Å². The fourth-order valence-corrected chi connectivity index (χ4v) is 0.112. The Balaban J connectivity index is 2.78. The molecule has 30 valence electrons. The zero-order chi connectivity index (χ0) is 4.83. The first kappa shape index (κ1) is 4.98. The van der Waals surface area contributed by atoms with Crippen molar-refractivity contribution in [2.24, 2.45) is 0 Å². The highest BCUT2D eigenvalue weighted by Crippen LogP contribution is 1.78. The lowest BCUT2D eigenvalue weighted by atomic mass is 10.4. The van der Waals surface area contributed by atoms with Crippen LogP contribution in [0.5, 0.6) is 0 Å². The van der Waals surface area contributed by atoms with Crippen molar-refractivity contribution in [1.29, 1.82) is 10.5 Å². The fraction of sp³-hybridized carbons (Fsp3) is 0.500. The maximum Gasteiger partial charge on any atom is 0.0632 e. The molecule has 0 aromatic carbocycles. The summed E-state index contributed by atoms with van der Waals surface area (Å²) in [5.74, 6) is 0. The second-order valence-corrected chi connectivity index (χ2v) is 0.816. The zero-order valence-corrected chi connectivity index (χ0v) is 3.31. The van der Waals surface area contributed by atoms with Gasteiger partial charge >= 0.3 is 0 Å². The van der Waals surface area contributed by atoms with Crippen LogP contribution < -0.4 is 0 Å². The van der Waals surface area contributed by atoms with Crippen molar-refractivity contribution in [3.8, 4) is 12.1 Å². The molecule has 0 spiro atoms. The first-order chi connectivity index (χ1) is 2.91. The lowest BCUT2D eigenvalue weighted by molar-refractivity contribution is 1.07. The Bertz CT molecular complexity index is 79.1. The van der Waals surface area contributed by atoms with Crippen LogP contribution in [0.3, 0.4) is 0 Å². The highest BCUT2D eigenvalue weighted by Gasteiger charge is 1.72. The molecule has 0 aliphatic rings. The first-order valence-corrected chi connectivity index (χ1v) is 1.65. The predicted molar refractivity (Wildman–Crippen MR) is 20.5 cm³/mol. The van der Waals surface area contributed by atoms with Gasteiger partial charge < -0.3 is 0 Å². The summed E-state index contributed by atoms with van der Waals surface area (Å²) >= 11 is 0. The highest BCUT2D eigenvalue weighted by atomic mass is 15.1. The van der Waals surface area contributed by atoms with Crippen LogP contribution in [-0.2, 0) is 0 Å². The van der Waals surface area contributed by atoms with Gasteiger partial charge in [-0.15, -0.1) is 0 Å². The molecule has 2 heteroatoms. The van der Waals surface area contributed by atoms with E-state index in [2.05, 4.69) is 0 Å². The number of rotatable bonds is 1. The van der Waals surface area contributed by atoms with Crippen LogP contribution in [0.15, 0.2) is 0 Å². The van der Waals surface area contributed by atoms with Gasteiger partial charge in [-0.3, -0.25) is 0 Å². The van der Waals surface area contributed by atoms with Crippen LogP contribution in [0.1, 0.15) is 12.8 Å². The Kier molecular flexibility index (Phi) is 3.30. The van der Waals surface area contributed by atoms with Gasteiger partial charge in [0.2, 0.25) is 0 Å². The average Bonchev–Trinajstić information content (AvgIpc) is 1.61. The minimum Gasteiger partial charge on any atom is -0.198 e. The standard InChI is InChI=1S/C4H4N2/c5-3-1-2-4-6/h1-2H2/i5+1. The van der Waals surface area contributed by atoms with Gasteiger partial charge in [0, 0.05) is 12.8 Å². The number of hydrogen-bond donors (Lipinski definition) is 0. The monoisotopic (exact) mass is 81.0 g/mol. The number of hydrogen-bond acceptors (Lipinski definition) is 2. The zero-order valence-electron chi connectivity index (χ0n) is 3.31. The summed E-state index contributed by atoms with van der Waals surface area (Å²) in [5, 5.41) is 15.6. The van der Waals surface area contributed by atoms with Crippen LogP contribution in [-0.4, -0.2) is 0 Å². The topological polar surface area (TPSA) is 47.6 Å². The minimum absolute atomic E-state index is 0.358. The van der Waals surface area contributed by atoms with Crippen LogP contribution in [0, 0.1) is 22.7 Å². The van der Waals surface area contributed by atoms with Crippen LogP contribution in [0.25, 0.3) is 0 Å². The molecule has 0 aromatic rings. The van der Waals surface area contributed by atoms with E-state index in [1.807, 2.05) is 12.1 Å². The molecule has 0 saturated heterocycles. The number of nitrogens with zero attached hydrogens (tertiary/aromatic N) is 2. The Morgan fingerprint density at radius 1 is 1.00 bits per heavy atom. The van der Waals surface area contributed by atoms with E-state index in [1.54, 1.807) is 0 Å². The maximum absolute atomic E-state index is 7.80. The van der Waals surface area contributed by atoms with E-state index in [0.717, 1.165) is 0 Å². The molecule has 0 aliphatic carbocycles. The lowest BCUT2D eigenvalue weighted by Crippen LogP contribution is -1.58. The molecule has 0 amide bonds. The molecule has 0 unspecified atom stereocenters. The van der Waals surface area contributed by atoms with Crippen molar-refractivity contribution in [2.45, 2.75) is 12.8 Å². The summed E-state index contributed by atoms with van der Waals surface area (Å²) in [6.45, 7) is 0. The summed E-state index contributed by atoms with van der Waals surface area (Å²) in [5.41, 5.74) is 0. The van der Waals surface area contributed by atoms with Crippen LogP contribution in [0.2, 0.25) is 0 Å². The van der Waals surface area contributed by atoms with Gasteiger partial charge in [0.15, 0.2) is 0 Å². The van der Waals surface area contributed by atoms with Crippen molar-refractivity contribution >= 4 is 0 Å². The van der Waals surface area contributed by atoms with E-state index >= 15 is 0 Å². The van der Waals surface area contributed by atoms with Crippen molar-refractivity contribution < 1.29 is 0 Å². The molecule has 0 heterocycles. The summed E-state index contributed by atoms with van der Waals surface area (Å²) in [7, 11) is 0. The predicted octanol–water partition coefficient (Wildman–Crippen LogP) is 0.814. The van der Waals surface area contributed by atoms with Gasteiger partial charge in [-0.1, -0.05) is 0 Å². The van der Waals surface area contributed by atoms with Crippen molar-refractivity contribution in [3.05, 3.63) is 0 Å². The SMILES string of the molecule is N#CCCC#[15N]. The molecule has 0 bridgehead atoms. The van der Waals surface area contributed by atoms with Gasteiger partial charge in [-0.2, -0.15) is 10.5 Å². The molecule has 0 aromatic heterocycles. The lowest BCUT2D eigenvalue weighted by Gasteiger charge is -1.63. The maximum atomic E-state index is 7.80. The molecular weight excluding hydrogens is 77.1 g/mol. The van der Waals surface area contributed by atoms with E-state index in [0.29, 0.717) is 12.8 Å². The summed E-state index contributed by atoms with van der Waals surface area (Å²) in [6, 6.07) is 3.69. The van der Waals surface area contributed by atoms with E-state index in [9.17, 15) is 0 Å². The van der Waals surface area contributed by atoms with E-state index in [-0.39, 0.29) is 0 Å². The second kappa shape index (κ2) is 3.98. The molecule has 0 rings (SSSR count). The molecule has 0 fully saturated rings. The van der Waals surface area contributed by atoms with Gasteiger partial charge in [0.05, 0.1) is 12.1 Å². The Morgan fingerprint density at radius 3 is 1.50 bits per heavy atom. The van der Waals surface area contributed by atoms with E-state index in [1.165, 1.54) is 0 Å². The molecule has 0 radical (unpaired) electrons. The quantitative estimate of drug-likeness (QED) is 0.346. The van der Waals surface area contributed by atoms with Crippen molar-refractivity contribution in [3.63, 3.8) is 0 Å². The Morgan fingerprint density at radius 2 is 1.33 bits per heavy atom. The van der Waals surface area contributed by atoms with Gasteiger partial charge in [-0.25, -0.2) is 0 Å². The minimum atomic E-state index is 0.358. The average molecular weight is 81.1 g/mol. The molecule has 0 aliphatic heterocycles. The molecule has 0 saturated carbocycles. The van der Waals surface area contributed by atoms with Crippen LogP contribution in [0.4, 0.5) is 0 Å². The Labute approximate surface area is 36.6 Å². The molecular formula is C4H4N2. The molecule has 2 nitrogen and oxygen atoms in total. The van der Waals surface area contributed by atoms with E-state index < -0.39 is 0 Å². The largest absolute Gasteiger partial charge is 0.198 e. The fourth-order valence-electron chi connectivity index (χ4n) is 0.112. The van der Waals surface area contributed by atoms with Gasteiger partial charge in [-0.05, 0) is 0 Å². The molecule has 6 heavy (non-hydrogen) atoms.